The van der Waals surface area contributed by atoms with Crippen LogP contribution in [0.3, 0.4) is 0 Å². The first-order valence-corrected chi connectivity index (χ1v) is 5.60. The molecule has 1 unspecified atom stereocenters. The molecule has 2 N–H and O–H groups in total. The lowest BCUT2D eigenvalue weighted by atomic mass is 10.0. The third-order valence-corrected chi connectivity index (χ3v) is 2.55. The number of nitrogens with zero attached hydrogens (tertiary/aromatic N) is 1. The Morgan fingerprint density at radius 2 is 1.88 bits per heavy atom. The highest BCUT2D eigenvalue weighted by Gasteiger charge is 2.01. The fourth-order valence-corrected chi connectivity index (χ4v) is 1.77. The molecule has 0 radical (unpaired) electrons. The molecule has 1 aromatic carbocycles. The Labute approximate surface area is 100 Å². The van der Waals surface area contributed by atoms with Crippen LogP contribution in [0.5, 0.6) is 0 Å². The first-order chi connectivity index (χ1) is 8.15. The molecule has 0 saturated heterocycles. The van der Waals surface area contributed by atoms with Gasteiger partial charge in [0.25, 0.3) is 0 Å². The molecule has 0 saturated carbocycles. The smallest absolute Gasteiger partial charge is 0.142 e. The summed E-state index contributed by atoms with van der Waals surface area (Å²) >= 11 is 0. The minimum atomic E-state index is -0.317. The lowest BCUT2D eigenvalue weighted by Crippen LogP contribution is -2.17. The molecule has 3 heteroatoms. The van der Waals surface area contributed by atoms with Gasteiger partial charge in [0.1, 0.15) is 5.82 Å². The zero-order chi connectivity index (χ0) is 12.3. The van der Waals surface area contributed by atoms with Crippen LogP contribution in [0, 0.1) is 5.82 Å². The summed E-state index contributed by atoms with van der Waals surface area (Å²) in [7, 11) is 0. The van der Waals surface area contributed by atoms with Gasteiger partial charge in [-0.05, 0) is 30.5 Å². The fraction of sp³-hybridized carbons (Fsp3) is 0.214. The topological polar surface area (TPSA) is 38.9 Å². The van der Waals surface area contributed by atoms with E-state index in [0.717, 1.165) is 17.5 Å². The number of benzene rings is 1. The first-order valence-electron chi connectivity index (χ1n) is 5.60. The molecular formula is C14H15FN2. The van der Waals surface area contributed by atoms with Gasteiger partial charge in [-0.25, -0.2) is 4.39 Å². The lowest BCUT2D eigenvalue weighted by Gasteiger charge is -2.06. The summed E-state index contributed by atoms with van der Waals surface area (Å²) < 4.78 is 13.0. The summed E-state index contributed by atoms with van der Waals surface area (Å²) in [4.78, 5) is 3.84. The van der Waals surface area contributed by atoms with E-state index in [1.165, 1.54) is 17.8 Å². The highest BCUT2D eigenvalue weighted by molar-refractivity contribution is 5.62. The van der Waals surface area contributed by atoms with Crippen molar-refractivity contribution < 1.29 is 4.39 Å². The standard InChI is InChI=1S/C14H15FN2/c1-10(16)6-11-2-4-12(5-3-11)13-7-14(15)9-17-8-13/h2-5,7-10H,6,16H2,1H3. The van der Waals surface area contributed by atoms with Crippen LogP contribution < -0.4 is 5.73 Å². The molecule has 2 rings (SSSR count). The van der Waals surface area contributed by atoms with E-state index in [1.807, 2.05) is 31.2 Å². The molecule has 88 valence electrons. The molecule has 0 aliphatic carbocycles. The monoisotopic (exact) mass is 230 g/mol. The third-order valence-electron chi connectivity index (χ3n) is 2.55. The summed E-state index contributed by atoms with van der Waals surface area (Å²) in [5.41, 5.74) is 8.67. The highest BCUT2D eigenvalue weighted by atomic mass is 19.1. The van der Waals surface area contributed by atoms with Crippen LogP contribution in [0.1, 0.15) is 12.5 Å². The number of halogens is 1. The number of aromatic nitrogens is 1. The van der Waals surface area contributed by atoms with E-state index in [-0.39, 0.29) is 11.9 Å². The SMILES string of the molecule is CC(N)Cc1ccc(-c2cncc(F)c2)cc1. The summed E-state index contributed by atoms with van der Waals surface area (Å²) in [5.74, 6) is -0.317. The lowest BCUT2D eigenvalue weighted by molar-refractivity contribution is 0.622. The molecule has 2 nitrogen and oxygen atoms in total. The minimum Gasteiger partial charge on any atom is -0.328 e. The molecule has 0 amide bonds. The Bertz CT molecular complexity index is 492. The average molecular weight is 230 g/mol. The number of pyridine rings is 1. The summed E-state index contributed by atoms with van der Waals surface area (Å²) in [6.45, 7) is 1.98. The van der Waals surface area contributed by atoms with Crippen molar-refractivity contribution in [3.63, 3.8) is 0 Å². The second kappa shape index (κ2) is 5.06. The van der Waals surface area contributed by atoms with E-state index in [2.05, 4.69) is 4.98 Å². The number of rotatable bonds is 3. The molecule has 1 aromatic heterocycles. The summed E-state index contributed by atoms with van der Waals surface area (Å²) in [5, 5.41) is 0. The van der Waals surface area contributed by atoms with Crippen LogP contribution in [0.25, 0.3) is 11.1 Å². The Hall–Kier alpha value is -1.74. The molecule has 0 bridgehead atoms. The van der Waals surface area contributed by atoms with Crippen molar-refractivity contribution >= 4 is 0 Å². The zero-order valence-corrected chi connectivity index (χ0v) is 9.73. The van der Waals surface area contributed by atoms with Gasteiger partial charge in [-0.2, -0.15) is 0 Å². The van der Waals surface area contributed by atoms with Gasteiger partial charge in [0, 0.05) is 17.8 Å². The largest absolute Gasteiger partial charge is 0.328 e. The molecule has 2 aromatic rings. The molecular weight excluding hydrogens is 215 g/mol. The quantitative estimate of drug-likeness (QED) is 0.880. The third kappa shape index (κ3) is 3.11. The molecule has 1 heterocycles. The van der Waals surface area contributed by atoms with Crippen molar-refractivity contribution in [3.05, 3.63) is 54.1 Å². The van der Waals surface area contributed by atoms with Crippen molar-refractivity contribution in [1.82, 2.24) is 4.98 Å². The van der Waals surface area contributed by atoms with Crippen LogP contribution in [0.4, 0.5) is 4.39 Å². The summed E-state index contributed by atoms with van der Waals surface area (Å²) in [6.07, 6.45) is 3.71. The van der Waals surface area contributed by atoms with Crippen molar-refractivity contribution in [3.8, 4) is 11.1 Å². The van der Waals surface area contributed by atoms with Crippen molar-refractivity contribution in [2.24, 2.45) is 5.73 Å². The van der Waals surface area contributed by atoms with Crippen LogP contribution in [-0.4, -0.2) is 11.0 Å². The van der Waals surface area contributed by atoms with Gasteiger partial charge in [0.2, 0.25) is 0 Å². The van der Waals surface area contributed by atoms with E-state index in [4.69, 9.17) is 5.73 Å². The molecule has 0 spiro atoms. The Balaban J connectivity index is 2.23. The zero-order valence-electron chi connectivity index (χ0n) is 9.73. The van der Waals surface area contributed by atoms with Crippen LogP contribution in [0.15, 0.2) is 42.7 Å². The highest BCUT2D eigenvalue weighted by Crippen LogP contribution is 2.19. The molecule has 0 aliphatic rings. The molecule has 1 atom stereocenters. The maximum atomic E-state index is 13.0. The maximum absolute atomic E-state index is 13.0. The second-order valence-corrected chi connectivity index (χ2v) is 4.27. The Morgan fingerprint density at radius 1 is 1.18 bits per heavy atom. The van der Waals surface area contributed by atoms with Crippen molar-refractivity contribution in [2.45, 2.75) is 19.4 Å². The van der Waals surface area contributed by atoms with Crippen LogP contribution in [-0.2, 0) is 6.42 Å². The van der Waals surface area contributed by atoms with Gasteiger partial charge in [-0.1, -0.05) is 24.3 Å². The Morgan fingerprint density at radius 3 is 2.47 bits per heavy atom. The first kappa shape index (κ1) is 11.7. The summed E-state index contributed by atoms with van der Waals surface area (Å²) in [6, 6.07) is 9.60. The predicted octanol–water partition coefficient (Wildman–Crippen LogP) is 2.78. The van der Waals surface area contributed by atoms with Gasteiger partial charge in [0.05, 0.1) is 6.20 Å². The number of nitrogens with two attached hydrogens (primary N) is 1. The minimum absolute atomic E-state index is 0.150. The number of hydrogen-bond acceptors (Lipinski definition) is 2. The van der Waals surface area contributed by atoms with E-state index in [1.54, 1.807) is 6.20 Å². The second-order valence-electron chi connectivity index (χ2n) is 4.27. The molecule has 0 fully saturated rings. The van der Waals surface area contributed by atoms with E-state index >= 15 is 0 Å². The van der Waals surface area contributed by atoms with E-state index in [9.17, 15) is 4.39 Å². The fourth-order valence-electron chi connectivity index (χ4n) is 1.77. The normalized spacial score (nSPS) is 12.4. The van der Waals surface area contributed by atoms with Crippen molar-refractivity contribution in [2.75, 3.05) is 0 Å². The molecule has 17 heavy (non-hydrogen) atoms. The Kier molecular flexibility index (Phi) is 3.49. The van der Waals surface area contributed by atoms with Crippen LogP contribution in [0.2, 0.25) is 0 Å². The van der Waals surface area contributed by atoms with E-state index < -0.39 is 0 Å². The predicted molar refractivity (Wildman–Crippen MR) is 67.0 cm³/mol. The number of hydrogen-bond donors (Lipinski definition) is 1. The molecule has 0 aliphatic heterocycles. The average Bonchev–Trinajstić information content (AvgIpc) is 2.29. The van der Waals surface area contributed by atoms with Crippen molar-refractivity contribution in [1.29, 1.82) is 0 Å². The van der Waals surface area contributed by atoms with E-state index in [0.29, 0.717) is 0 Å². The maximum Gasteiger partial charge on any atom is 0.142 e. The van der Waals surface area contributed by atoms with Gasteiger partial charge < -0.3 is 5.73 Å². The van der Waals surface area contributed by atoms with Gasteiger partial charge in [-0.15, -0.1) is 0 Å². The van der Waals surface area contributed by atoms with Crippen LogP contribution >= 0.6 is 0 Å². The van der Waals surface area contributed by atoms with Gasteiger partial charge in [0.15, 0.2) is 0 Å². The van der Waals surface area contributed by atoms with Gasteiger partial charge in [-0.3, -0.25) is 4.98 Å². The van der Waals surface area contributed by atoms with Gasteiger partial charge >= 0.3 is 0 Å².